The van der Waals surface area contributed by atoms with E-state index in [2.05, 4.69) is 5.32 Å². The van der Waals surface area contributed by atoms with Crippen LogP contribution >= 0.6 is 0 Å². The number of fused-ring (bicyclic) bond motifs is 1. The summed E-state index contributed by atoms with van der Waals surface area (Å²) in [6.07, 6.45) is 0.962. The molecule has 0 aromatic heterocycles. The van der Waals surface area contributed by atoms with Crippen LogP contribution in [0.5, 0.6) is 11.5 Å². The highest BCUT2D eigenvalue weighted by Gasteiger charge is 2.42. The number of rotatable bonds is 3. The maximum atomic E-state index is 13.0. The predicted molar refractivity (Wildman–Crippen MR) is 108 cm³/mol. The Kier molecular flexibility index (Phi) is 5.00. The highest BCUT2D eigenvalue weighted by Crippen LogP contribution is 2.36. The first-order valence-electron chi connectivity index (χ1n) is 9.55. The molecule has 2 heterocycles. The van der Waals surface area contributed by atoms with E-state index in [0.717, 1.165) is 5.56 Å². The summed E-state index contributed by atoms with van der Waals surface area (Å²) in [7, 11) is -2.00. The highest BCUT2D eigenvalue weighted by molar-refractivity contribution is 7.89. The van der Waals surface area contributed by atoms with E-state index in [0.29, 0.717) is 54.4 Å². The number of nitrogens with zero attached hydrogens (tertiary/aromatic N) is 1. The van der Waals surface area contributed by atoms with Crippen molar-refractivity contribution in [1.82, 2.24) is 9.62 Å². The lowest BCUT2D eigenvalue weighted by Gasteiger charge is -2.40. The first-order chi connectivity index (χ1) is 13.8. The molecule has 8 heteroatoms. The van der Waals surface area contributed by atoms with E-state index in [1.54, 1.807) is 49.6 Å². The lowest BCUT2D eigenvalue weighted by molar-refractivity contribution is 0.0245. The largest absolute Gasteiger partial charge is 0.497 e. The summed E-state index contributed by atoms with van der Waals surface area (Å²) < 4.78 is 39.0. The first kappa shape index (κ1) is 19.7. The molecule has 7 nitrogen and oxygen atoms in total. The molecule has 0 unspecified atom stereocenters. The average Bonchev–Trinajstić information content (AvgIpc) is 2.85. The molecule has 154 valence electrons. The Morgan fingerprint density at radius 2 is 1.79 bits per heavy atom. The number of carbonyl (C=O) groups is 1. The predicted octanol–water partition coefficient (Wildman–Crippen LogP) is 2.35. The molecule has 2 aromatic rings. The van der Waals surface area contributed by atoms with Gasteiger partial charge in [0.05, 0.1) is 24.1 Å². The third-order valence-electron chi connectivity index (χ3n) is 5.62. The second-order valence-electron chi connectivity index (χ2n) is 7.55. The number of methoxy groups -OCH3 is 1. The summed E-state index contributed by atoms with van der Waals surface area (Å²) in [6.45, 7) is 2.91. The summed E-state index contributed by atoms with van der Waals surface area (Å²) in [6, 6.07) is 12.0. The Hall–Kier alpha value is -2.58. The lowest BCUT2D eigenvalue weighted by Crippen LogP contribution is -2.54. The van der Waals surface area contributed by atoms with Crippen molar-refractivity contribution in [3.63, 3.8) is 0 Å². The molecule has 1 spiro atoms. The zero-order valence-corrected chi connectivity index (χ0v) is 17.3. The van der Waals surface area contributed by atoms with Gasteiger partial charge < -0.3 is 14.8 Å². The van der Waals surface area contributed by atoms with Crippen LogP contribution in [0.1, 0.15) is 28.8 Å². The molecular formula is C21H24N2O5S. The molecule has 0 bridgehead atoms. The Bertz CT molecular complexity index is 1030. The Labute approximate surface area is 170 Å². The van der Waals surface area contributed by atoms with E-state index in [-0.39, 0.29) is 5.91 Å². The highest BCUT2D eigenvalue weighted by atomic mass is 32.2. The zero-order valence-electron chi connectivity index (χ0n) is 16.5. The van der Waals surface area contributed by atoms with Crippen LogP contribution in [0, 0.1) is 6.92 Å². The summed E-state index contributed by atoms with van der Waals surface area (Å²) in [4.78, 5) is 12.7. The first-order valence-corrected chi connectivity index (χ1v) is 11.0. The van der Waals surface area contributed by atoms with Gasteiger partial charge in [0, 0.05) is 32.0 Å². The molecule has 1 N–H and O–H groups in total. The Morgan fingerprint density at radius 1 is 1.10 bits per heavy atom. The monoisotopic (exact) mass is 416 g/mol. The summed E-state index contributed by atoms with van der Waals surface area (Å²) in [5, 5.41) is 2.92. The smallest absolute Gasteiger partial charge is 0.255 e. The van der Waals surface area contributed by atoms with Gasteiger partial charge in [-0.25, -0.2) is 8.42 Å². The van der Waals surface area contributed by atoms with Crippen molar-refractivity contribution in [1.29, 1.82) is 0 Å². The lowest BCUT2D eigenvalue weighted by atomic mass is 9.92. The molecule has 1 saturated heterocycles. The van der Waals surface area contributed by atoms with E-state index in [1.165, 1.54) is 4.31 Å². The fourth-order valence-electron chi connectivity index (χ4n) is 3.78. The number of aryl methyl sites for hydroxylation is 1. The Morgan fingerprint density at radius 3 is 2.45 bits per heavy atom. The van der Waals surface area contributed by atoms with Crippen LogP contribution in [-0.4, -0.2) is 51.0 Å². The van der Waals surface area contributed by atoms with Gasteiger partial charge in [-0.1, -0.05) is 17.7 Å². The molecule has 1 amide bonds. The van der Waals surface area contributed by atoms with Crippen molar-refractivity contribution in [2.24, 2.45) is 0 Å². The quantitative estimate of drug-likeness (QED) is 0.830. The van der Waals surface area contributed by atoms with Crippen LogP contribution in [0.2, 0.25) is 0 Å². The average molecular weight is 416 g/mol. The van der Waals surface area contributed by atoms with Gasteiger partial charge >= 0.3 is 0 Å². The van der Waals surface area contributed by atoms with Gasteiger partial charge in [0.15, 0.2) is 0 Å². The van der Waals surface area contributed by atoms with Crippen molar-refractivity contribution in [2.75, 3.05) is 26.7 Å². The van der Waals surface area contributed by atoms with E-state index in [1.807, 2.05) is 6.92 Å². The summed E-state index contributed by atoms with van der Waals surface area (Å²) in [5.41, 5.74) is 0.822. The summed E-state index contributed by atoms with van der Waals surface area (Å²) in [5.74, 6) is 0.872. The number of amides is 1. The van der Waals surface area contributed by atoms with E-state index in [4.69, 9.17) is 9.47 Å². The number of hydrogen-bond acceptors (Lipinski definition) is 5. The maximum Gasteiger partial charge on any atom is 0.255 e. The SMILES string of the molecule is COc1ccc2c(c1)OC1(CCN(S(=O)(=O)c3ccc(C)cc3)CC1)CNC2=O. The van der Waals surface area contributed by atoms with E-state index >= 15 is 0 Å². The molecule has 0 saturated carbocycles. The number of ether oxygens (including phenoxy) is 2. The van der Waals surface area contributed by atoms with Crippen molar-refractivity contribution in [3.8, 4) is 11.5 Å². The molecule has 2 aliphatic heterocycles. The number of benzene rings is 2. The van der Waals surface area contributed by atoms with Gasteiger partial charge in [-0.3, -0.25) is 4.79 Å². The Balaban J connectivity index is 1.55. The van der Waals surface area contributed by atoms with Gasteiger partial charge in [0.25, 0.3) is 5.91 Å². The fourth-order valence-corrected chi connectivity index (χ4v) is 5.22. The number of hydrogen-bond donors (Lipinski definition) is 1. The van der Waals surface area contributed by atoms with Crippen molar-refractivity contribution in [2.45, 2.75) is 30.3 Å². The van der Waals surface area contributed by atoms with Crippen LogP contribution in [0.4, 0.5) is 0 Å². The van der Waals surface area contributed by atoms with Crippen LogP contribution in [0.25, 0.3) is 0 Å². The van der Waals surface area contributed by atoms with Crippen LogP contribution in [0.3, 0.4) is 0 Å². The minimum absolute atomic E-state index is 0.200. The second kappa shape index (κ2) is 7.35. The van der Waals surface area contributed by atoms with Gasteiger partial charge in [-0.15, -0.1) is 0 Å². The third-order valence-corrected chi connectivity index (χ3v) is 7.54. The van der Waals surface area contributed by atoms with Gasteiger partial charge in [0.1, 0.15) is 17.1 Å². The van der Waals surface area contributed by atoms with Crippen molar-refractivity contribution in [3.05, 3.63) is 53.6 Å². The number of sulfonamides is 1. The normalized spacial score (nSPS) is 19.0. The molecular weight excluding hydrogens is 392 g/mol. The minimum atomic E-state index is -3.55. The van der Waals surface area contributed by atoms with Gasteiger partial charge in [-0.05, 0) is 31.2 Å². The number of nitrogens with one attached hydrogen (secondary N) is 1. The van der Waals surface area contributed by atoms with Crippen molar-refractivity contribution >= 4 is 15.9 Å². The fraction of sp³-hybridized carbons (Fsp3) is 0.381. The zero-order chi connectivity index (χ0) is 20.6. The molecule has 29 heavy (non-hydrogen) atoms. The standard InChI is InChI=1S/C21H24N2O5S/c1-15-3-6-17(7-4-15)29(25,26)23-11-9-21(10-12-23)14-22-20(24)18-8-5-16(27-2)13-19(18)28-21/h3-8,13H,9-12,14H2,1-2H3,(H,22,24). The van der Waals surface area contributed by atoms with Crippen LogP contribution < -0.4 is 14.8 Å². The molecule has 2 aliphatic rings. The van der Waals surface area contributed by atoms with E-state index < -0.39 is 15.6 Å². The summed E-state index contributed by atoms with van der Waals surface area (Å²) >= 11 is 0. The van der Waals surface area contributed by atoms with Gasteiger partial charge in [-0.2, -0.15) is 4.31 Å². The minimum Gasteiger partial charge on any atom is -0.497 e. The molecule has 4 rings (SSSR count). The van der Waals surface area contributed by atoms with Crippen LogP contribution in [-0.2, 0) is 10.0 Å². The molecule has 1 fully saturated rings. The molecule has 0 aliphatic carbocycles. The molecule has 2 aromatic carbocycles. The van der Waals surface area contributed by atoms with E-state index in [9.17, 15) is 13.2 Å². The number of carbonyl (C=O) groups excluding carboxylic acids is 1. The third kappa shape index (κ3) is 3.70. The molecule has 0 radical (unpaired) electrons. The van der Waals surface area contributed by atoms with Gasteiger partial charge in [0.2, 0.25) is 10.0 Å². The topological polar surface area (TPSA) is 84.9 Å². The maximum absolute atomic E-state index is 13.0. The van der Waals surface area contributed by atoms with Crippen LogP contribution in [0.15, 0.2) is 47.4 Å². The van der Waals surface area contributed by atoms with Crippen molar-refractivity contribution < 1.29 is 22.7 Å². The number of piperidine rings is 1. The molecule has 0 atom stereocenters. The second-order valence-corrected chi connectivity index (χ2v) is 9.48.